The fourth-order valence-electron chi connectivity index (χ4n) is 3.34. The predicted molar refractivity (Wildman–Crippen MR) is 94.9 cm³/mol. The highest BCUT2D eigenvalue weighted by Gasteiger charge is 2.37. The van der Waals surface area contributed by atoms with Crippen molar-refractivity contribution < 1.29 is 9.72 Å². The summed E-state index contributed by atoms with van der Waals surface area (Å²) in [6.45, 7) is 0.482. The summed E-state index contributed by atoms with van der Waals surface area (Å²) < 4.78 is 0. The molecule has 1 amide bonds. The Hall–Kier alpha value is -1.92. The maximum absolute atomic E-state index is 12.5. The first-order valence-corrected chi connectivity index (χ1v) is 9.04. The molecule has 0 aliphatic heterocycles. The summed E-state index contributed by atoms with van der Waals surface area (Å²) in [4.78, 5) is 24.4. The highest BCUT2D eigenvalue weighted by Crippen LogP contribution is 2.42. The van der Waals surface area contributed by atoms with Crippen molar-refractivity contribution in [3.05, 3.63) is 61.3 Å². The number of carbonyl (C=O) groups is 1. The quantitative estimate of drug-likeness (QED) is 0.624. The number of thiophene rings is 1. The topological polar surface area (TPSA) is 72.2 Å². The van der Waals surface area contributed by atoms with Crippen LogP contribution in [0, 0.1) is 10.1 Å². The summed E-state index contributed by atoms with van der Waals surface area (Å²) in [6, 6.07) is 8.15. The molecule has 0 spiro atoms. The van der Waals surface area contributed by atoms with Crippen LogP contribution < -0.4 is 5.32 Å². The van der Waals surface area contributed by atoms with Gasteiger partial charge < -0.3 is 5.32 Å². The number of nitrogens with zero attached hydrogens (tertiary/aromatic N) is 1. The second-order valence-electron chi connectivity index (χ2n) is 6.07. The van der Waals surface area contributed by atoms with Gasteiger partial charge in [-0.3, -0.25) is 14.9 Å². The van der Waals surface area contributed by atoms with Crippen molar-refractivity contribution in [2.75, 3.05) is 6.54 Å². The van der Waals surface area contributed by atoms with E-state index in [1.165, 1.54) is 23.1 Å². The van der Waals surface area contributed by atoms with Crippen LogP contribution in [0.15, 0.2) is 35.7 Å². The van der Waals surface area contributed by atoms with E-state index in [2.05, 4.69) is 11.4 Å². The number of nitrogens with one attached hydrogen (secondary N) is 1. The van der Waals surface area contributed by atoms with Crippen LogP contribution in [-0.2, 0) is 5.41 Å². The molecule has 7 heteroatoms. The smallest absolute Gasteiger partial charge is 0.282 e. The number of hydrogen-bond acceptors (Lipinski definition) is 4. The molecule has 1 N–H and O–H groups in total. The van der Waals surface area contributed by atoms with Crippen LogP contribution in [0.5, 0.6) is 0 Å². The molecule has 3 rings (SSSR count). The van der Waals surface area contributed by atoms with Gasteiger partial charge >= 0.3 is 0 Å². The van der Waals surface area contributed by atoms with E-state index in [-0.39, 0.29) is 16.7 Å². The fourth-order valence-corrected chi connectivity index (χ4v) is 4.50. The van der Waals surface area contributed by atoms with Crippen LogP contribution in [-0.4, -0.2) is 17.4 Å². The van der Waals surface area contributed by atoms with Gasteiger partial charge in [0.2, 0.25) is 0 Å². The van der Waals surface area contributed by atoms with Gasteiger partial charge in [-0.05, 0) is 36.4 Å². The normalized spacial score (nSPS) is 16.0. The van der Waals surface area contributed by atoms with Gasteiger partial charge in [0.25, 0.3) is 11.6 Å². The highest BCUT2D eigenvalue weighted by atomic mass is 35.5. The Balaban J connectivity index is 1.80. The fraction of sp³-hybridized carbons (Fsp3) is 0.353. The van der Waals surface area contributed by atoms with Crippen molar-refractivity contribution in [1.82, 2.24) is 5.32 Å². The third-order valence-electron chi connectivity index (χ3n) is 4.59. The number of halogens is 1. The van der Waals surface area contributed by atoms with Gasteiger partial charge in [-0.2, -0.15) is 0 Å². The van der Waals surface area contributed by atoms with Crippen LogP contribution in [0.25, 0.3) is 0 Å². The molecule has 126 valence electrons. The molecule has 0 radical (unpaired) electrons. The molecule has 0 atom stereocenters. The highest BCUT2D eigenvalue weighted by molar-refractivity contribution is 7.10. The lowest BCUT2D eigenvalue weighted by Gasteiger charge is -2.28. The zero-order valence-electron chi connectivity index (χ0n) is 13.0. The number of rotatable bonds is 5. The van der Waals surface area contributed by atoms with Crippen molar-refractivity contribution >= 4 is 34.5 Å². The van der Waals surface area contributed by atoms with Crippen molar-refractivity contribution in [3.8, 4) is 0 Å². The van der Waals surface area contributed by atoms with E-state index in [0.29, 0.717) is 11.6 Å². The van der Waals surface area contributed by atoms with Crippen LogP contribution >= 0.6 is 22.9 Å². The molecule has 1 aliphatic rings. The minimum atomic E-state index is -0.560. The minimum absolute atomic E-state index is 0.00632. The molecule has 2 aromatic rings. The van der Waals surface area contributed by atoms with Crippen LogP contribution in [0.3, 0.4) is 0 Å². The maximum Gasteiger partial charge on any atom is 0.282 e. The molecule has 0 bridgehead atoms. The lowest BCUT2D eigenvalue weighted by Crippen LogP contribution is -2.38. The molecule has 24 heavy (non-hydrogen) atoms. The first-order valence-electron chi connectivity index (χ1n) is 7.78. The summed E-state index contributed by atoms with van der Waals surface area (Å²) >= 11 is 7.60. The van der Waals surface area contributed by atoms with E-state index >= 15 is 0 Å². The average molecular weight is 365 g/mol. The van der Waals surface area contributed by atoms with E-state index in [1.807, 2.05) is 11.4 Å². The van der Waals surface area contributed by atoms with E-state index in [1.54, 1.807) is 11.3 Å². The molecule has 1 aromatic heterocycles. The van der Waals surface area contributed by atoms with Crippen molar-refractivity contribution in [3.63, 3.8) is 0 Å². The number of carbonyl (C=O) groups excluding carboxylic acids is 1. The van der Waals surface area contributed by atoms with Crippen LogP contribution in [0.1, 0.15) is 40.9 Å². The molecular formula is C17H17ClN2O3S. The van der Waals surface area contributed by atoms with E-state index in [0.717, 1.165) is 25.7 Å². The summed E-state index contributed by atoms with van der Waals surface area (Å²) in [5, 5.41) is 16.4. The number of nitro benzene ring substituents is 1. The number of amides is 1. The molecular weight excluding hydrogens is 348 g/mol. The summed E-state index contributed by atoms with van der Waals surface area (Å²) in [6.07, 6.45) is 4.30. The molecule has 1 saturated carbocycles. The molecule has 1 heterocycles. The maximum atomic E-state index is 12.5. The van der Waals surface area contributed by atoms with E-state index in [9.17, 15) is 14.9 Å². The first-order chi connectivity index (χ1) is 11.5. The Labute approximate surface area is 148 Å². The second-order valence-corrected chi connectivity index (χ2v) is 7.45. The molecule has 1 aromatic carbocycles. The Bertz CT molecular complexity index is 755. The van der Waals surface area contributed by atoms with Gasteiger partial charge in [0.05, 0.1) is 4.92 Å². The number of benzene rings is 1. The Kier molecular flexibility index (Phi) is 4.87. The predicted octanol–water partition coefficient (Wildman–Crippen LogP) is 4.55. The summed E-state index contributed by atoms with van der Waals surface area (Å²) in [5.74, 6) is -0.452. The number of nitro groups is 1. The van der Waals surface area contributed by atoms with Gasteiger partial charge in [-0.25, -0.2) is 0 Å². The zero-order chi connectivity index (χ0) is 17.2. The molecule has 5 nitrogen and oxygen atoms in total. The Morgan fingerprint density at radius 1 is 1.33 bits per heavy atom. The summed E-state index contributed by atoms with van der Waals surface area (Å²) in [5.41, 5.74) is -0.280. The molecule has 0 unspecified atom stereocenters. The lowest BCUT2D eigenvalue weighted by atomic mass is 9.84. The molecule has 1 aliphatic carbocycles. The Morgan fingerprint density at radius 2 is 2.08 bits per heavy atom. The van der Waals surface area contributed by atoms with Gasteiger partial charge in [-0.1, -0.05) is 30.5 Å². The van der Waals surface area contributed by atoms with E-state index < -0.39 is 10.8 Å². The van der Waals surface area contributed by atoms with Crippen LogP contribution in [0.4, 0.5) is 5.69 Å². The van der Waals surface area contributed by atoms with Gasteiger partial charge in [-0.15, -0.1) is 11.3 Å². The largest absolute Gasteiger partial charge is 0.351 e. The molecule has 1 fully saturated rings. The third kappa shape index (κ3) is 3.30. The molecule has 0 saturated heterocycles. The monoisotopic (exact) mass is 364 g/mol. The zero-order valence-corrected chi connectivity index (χ0v) is 14.5. The van der Waals surface area contributed by atoms with Crippen molar-refractivity contribution in [1.29, 1.82) is 0 Å². The standard InChI is InChI=1S/C17H17ClN2O3S/c18-12-5-6-14(20(22)23)13(10-12)16(21)19-11-17(7-1-2-8-17)15-4-3-9-24-15/h3-6,9-10H,1-2,7-8,11H2,(H,19,21). The van der Waals surface area contributed by atoms with Gasteiger partial charge in [0, 0.05) is 27.9 Å². The SMILES string of the molecule is O=C(NCC1(c2cccs2)CCCC1)c1cc(Cl)ccc1[N+](=O)[O-]. The van der Waals surface area contributed by atoms with Crippen molar-refractivity contribution in [2.45, 2.75) is 31.1 Å². The average Bonchev–Trinajstić information content (AvgIpc) is 3.24. The first kappa shape index (κ1) is 16.9. The summed E-state index contributed by atoms with van der Waals surface area (Å²) in [7, 11) is 0. The second kappa shape index (κ2) is 6.91. The minimum Gasteiger partial charge on any atom is -0.351 e. The van der Waals surface area contributed by atoms with Gasteiger partial charge in [0.1, 0.15) is 5.56 Å². The van der Waals surface area contributed by atoms with Crippen molar-refractivity contribution in [2.24, 2.45) is 0 Å². The van der Waals surface area contributed by atoms with E-state index in [4.69, 9.17) is 11.6 Å². The Morgan fingerprint density at radius 3 is 2.71 bits per heavy atom. The third-order valence-corrected chi connectivity index (χ3v) is 5.94. The number of hydrogen-bond donors (Lipinski definition) is 1. The lowest BCUT2D eigenvalue weighted by molar-refractivity contribution is -0.385. The van der Waals surface area contributed by atoms with Crippen LogP contribution in [0.2, 0.25) is 5.02 Å². The van der Waals surface area contributed by atoms with Gasteiger partial charge in [0.15, 0.2) is 0 Å².